The fourth-order valence-corrected chi connectivity index (χ4v) is 7.12. The lowest BCUT2D eigenvalue weighted by molar-refractivity contribution is -0.124. The quantitative estimate of drug-likeness (QED) is 0.105. The van der Waals surface area contributed by atoms with Crippen molar-refractivity contribution in [3.8, 4) is 0 Å². The zero-order chi connectivity index (χ0) is 33.9. The number of carbonyl (C=O) groups is 4. The van der Waals surface area contributed by atoms with Gasteiger partial charge in [-0.15, -0.1) is 0 Å². The van der Waals surface area contributed by atoms with Crippen LogP contribution in [0.5, 0.6) is 0 Å². The first-order chi connectivity index (χ1) is 22.5. The number of sulfone groups is 1. The van der Waals surface area contributed by atoms with E-state index in [-0.39, 0.29) is 61.7 Å². The Morgan fingerprint density at radius 1 is 0.894 bits per heavy atom. The third-order valence-electron chi connectivity index (χ3n) is 8.42. The molecule has 2 amide bonds. The molecular weight excluding hydrogens is 624 g/mol. The number of rotatable bonds is 12. The smallest absolute Gasteiger partial charge is 0.338 e. The highest BCUT2D eigenvalue weighted by Gasteiger charge is 2.49. The molecule has 47 heavy (non-hydrogen) atoms. The Hall–Kier alpha value is -4.84. The summed E-state index contributed by atoms with van der Waals surface area (Å²) >= 11 is 0. The second-order valence-electron chi connectivity index (χ2n) is 11.6. The highest BCUT2D eigenvalue weighted by Crippen LogP contribution is 2.44. The van der Waals surface area contributed by atoms with Crippen LogP contribution in [-0.4, -0.2) is 44.3 Å². The summed E-state index contributed by atoms with van der Waals surface area (Å²) in [4.78, 5) is 67.5. The Kier molecular flexibility index (Phi) is 9.62. The molecule has 0 radical (unpaired) electrons. The number of ether oxygens (including phenoxy) is 1. The molecule has 0 saturated carbocycles. The van der Waals surface area contributed by atoms with E-state index in [1.54, 1.807) is 13.0 Å². The van der Waals surface area contributed by atoms with Gasteiger partial charge in [0.1, 0.15) is 11.2 Å². The molecular formula is C35H36N2O9S. The number of Topliss-reactive ketones (excluding diaryl/α,β-unsaturated/α-hetero) is 1. The number of hydrogen-bond donors (Lipinski definition) is 2. The molecule has 246 valence electrons. The number of fused-ring (bicyclic) bond motifs is 4. The van der Waals surface area contributed by atoms with E-state index in [0.717, 1.165) is 12.8 Å². The van der Waals surface area contributed by atoms with Gasteiger partial charge in [0.15, 0.2) is 26.8 Å². The van der Waals surface area contributed by atoms with Crippen molar-refractivity contribution >= 4 is 66.7 Å². The molecule has 0 atom stereocenters. The van der Waals surface area contributed by atoms with Crippen molar-refractivity contribution in [3.05, 3.63) is 75.9 Å². The maximum Gasteiger partial charge on any atom is 0.338 e. The number of ketones is 1. The highest BCUT2D eigenvalue weighted by atomic mass is 32.2. The van der Waals surface area contributed by atoms with Gasteiger partial charge in [0.05, 0.1) is 39.2 Å². The minimum absolute atomic E-state index is 0.0314. The number of unbranched alkanes of at least 4 members (excludes halogenated alkanes) is 2. The van der Waals surface area contributed by atoms with E-state index in [2.05, 4.69) is 10.6 Å². The third kappa shape index (κ3) is 6.29. The van der Waals surface area contributed by atoms with Crippen LogP contribution in [0.3, 0.4) is 0 Å². The lowest BCUT2D eigenvalue weighted by atomic mass is 9.69. The van der Waals surface area contributed by atoms with Gasteiger partial charge in [0.2, 0.25) is 17.2 Å². The molecule has 1 aliphatic heterocycles. The van der Waals surface area contributed by atoms with E-state index in [0.29, 0.717) is 25.7 Å². The minimum Gasteiger partial charge on any atom is -0.462 e. The minimum atomic E-state index is -4.04. The van der Waals surface area contributed by atoms with E-state index in [1.165, 1.54) is 48.5 Å². The summed E-state index contributed by atoms with van der Waals surface area (Å²) in [7, 11) is -4.04. The fraction of sp³-hybridized carbons (Fsp3) is 0.343. The van der Waals surface area contributed by atoms with Gasteiger partial charge >= 0.3 is 5.97 Å². The summed E-state index contributed by atoms with van der Waals surface area (Å²) in [6.45, 7) is 5.62. The predicted octanol–water partition coefficient (Wildman–Crippen LogP) is 6.04. The molecule has 0 spiro atoms. The average molecular weight is 661 g/mol. The molecule has 1 aliphatic rings. The molecule has 12 heteroatoms. The van der Waals surface area contributed by atoms with Gasteiger partial charge in [0.25, 0.3) is 0 Å². The molecule has 0 saturated heterocycles. The van der Waals surface area contributed by atoms with Crippen LogP contribution in [0.15, 0.2) is 68.7 Å². The second-order valence-corrected chi connectivity index (χ2v) is 13.6. The van der Waals surface area contributed by atoms with Crippen molar-refractivity contribution < 1.29 is 36.7 Å². The van der Waals surface area contributed by atoms with E-state index in [1.807, 2.05) is 13.8 Å². The van der Waals surface area contributed by atoms with Crippen LogP contribution in [0.1, 0.15) is 80.0 Å². The third-order valence-corrected chi connectivity index (χ3v) is 10.0. The molecule has 2 N–H and O–H groups in total. The van der Waals surface area contributed by atoms with Gasteiger partial charge in [0, 0.05) is 5.56 Å². The summed E-state index contributed by atoms with van der Waals surface area (Å²) in [5.74, 6) is -3.48. The number of carbonyl (C=O) groups excluding carboxylic acids is 4. The van der Waals surface area contributed by atoms with Crippen LogP contribution >= 0.6 is 0 Å². The van der Waals surface area contributed by atoms with Crippen LogP contribution in [0, 0.1) is 5.41 Å². The van der Waals surface area contributed by atoms with Crippen LogP contribution in [-0.2, 0) is 24.2 Å². The summed E-state index contributed by atoms with van der Waals surface area (Å²) in [6.07, 6.45) is 3.72. The number of esters is 1. The molecule has 2 heterocycles. The van der Waals surface area contributed by atoms with Crippen LogP contribution < -0.4 is 16.1 Å². The number of benzene rings is 3. The molecule has 4 aromatic rings. The lowest BCUT2D eigenvalue weighted by Gasteiger charge is -2.35. The van der Waals surface area contributed by atoms with Crippen molar-refractivity contribution in [2.75, 3.05) is 23.0 Å². The number of anilines is 2. The highest BCUT2D eigenvalue weighted by molar-refractivity contribution is 7.92. The van der Waals surface area contributed by atoms with Gasteiger partial charge in [-0.25, -0.2) is 13.2 Å². The summed E-state index contributed by atoms with van der Waals surface area (Å²) in [6, 6.07) is 12.9. The Balaban J connectivity index is 1.67. The van der Waals surface area contributed by atoms with Gasteiger partial charge in [-0.1, -0.05) is 57.7 Å². The van der Waals surface area contributed by atoms with Gasteiger partial charge in [-0.3, -0.25) is 19.2 Å². The SMILES string of the molecule is CCCCC1(CCCC)C(=O)Nc2c(ccc3c(=O)c4cc(C(=O)OCC)cc(NC(=O)CS(=O)(=O)c5ccccc5)c4oc23)C1=O. The number of nitrogens with one attached hydrogen (secondary N) is 2. The van der Waals surface area contributed by atoms with E-state index < -0.39 is 44.2 Å². The van der Waals surface area contributed by atoms with Crippen molar-refractivity contribution in [2.45, 2.75) is 64.2 Å². The Bertz CT molecular complexity index is 2060. The predicted molar refractivity (Wildman–Crippen MR) is 178 cm³/mol. The van der Waals surface area contributed by atoms with E-state index in [4.69, 9.17) is 9.15 Å². The first-order valence-electron chi connectivity index (χ1n) is 15.7. The average Bonchev–Trinajstić information content (AvgIpc) is 3.05. The Labute approximate surface area is 271 Å². The van der Waals surface area contributed by atoms with E-state index in [9.17, 15) is 32.4 Å². The van der Waals surface area contributed by atoms with Crippen molar-refractivity contribution in [2.24, 2.45) is 5.41 Å². The fourth-order valence-electron chi connectivity index (χ4n) is 5.96. The Morgan fingerprint density at radius 2 is 1.57 bits per heavy atom. The molecule has 3 aromatic carbocycles. The normalized spacial score (nSPS) is 14.1. The van der Waals surface area contributed by atoms with Crippen LogP contribution in [0.2, 0.25) is 0 Å². The molecule has 1 aromatic heterocycles. The van der Waals surface area contributed by atoms with E-state index >= 15 is 0 Å². The van der Waals surface area contributed by atoms with Crippen molar-refractivity contribution in [3.63, 3.8) is 0 Å². The molecule has 0 unspecified atom stereocenters. The molecule has 11 nitrogen and oxygen atoms in total. The molecule has 0 fully saturated rings. The van der Waals surface area contributed by atoms with Gasteiger partial charge in [-0.2, -0.15) is 0 Å². The zero-order valence-electron chi connectivity index (χ0n) is 26.4. The lowest BCUT2D eigenvalue weighted by Crippen LogP contribution is -2.47. The van der Waals surface area contributed by atoms with Crippen LogP contribution in [0.4, 0.5) is 11.4 Å². The summed E-state index contributed by atoms with van der Waals surface area (Å²) in [5.41, 5.74) is -2.11. The number of hydrogen-bond acceptors (Lipinski definition) is 9. The van der Waals surface area contributed by atoms with Gasteiger partial charge < -0.3 is 19.8 Å². The molecule has 5 rings (SSSR count). The standard InChI is InChI=1S/C35H36N2O9S/c1-4-7-16-35(17-8-5-2)32(40)23-14-15-24-29(39)25-18-21(33(41)45-6-3)19-26(30(25)46-31(24)28(23)37-34(35)42)36-27(38)20-47(43,44)22-12-10-9-11-13-22/h9-15,18-19H,4-8,16-17,20H2,1-3H3,(H,36,38)(H,37,42). The van der Waals surface area contributed by atoms with Crippen LogP contribution in [0.25, 0.3) is 21.9 Å². The maximum atomic E-state index is 14.1. The number of amides is 2. The molecule has 0 aliphatic carbocycles. The van der Waals surface area contributed by atoms with Crippen molar-refractivity contribution in [1.29, 1.82) is 0 Å². The summed E-state index contributed by atoms with van der Waals surface area (Å²) in [5, 5.41) is 5.27. The Morgan fingerprint density at radius 3 is 2.21 bits per heavy atom. The summed E-state index contributed by atoms with van der Waals surface area (Å²) < 4.78 is 37.1. The topological polar surface area (TPSA) is 166 Å². The first kappa shape index (κ1) is 33.5. The largest absolute Gasteiger partial charge is 0.462 e. The molecule has 0 bridgehead atoms. The zero-order valence-corrected chi connectivity index (χ0v) is 27.3. The first-order valence-corrected chi connectivity index (χ1v) is 17.3. The maximum absolute atomic E-state index is 14.1. The van der Waals surface area contributed by atoms with Crippen molar-refractivity contribution in [1.82, 2.24) is 0 Å². The second kappa shape index (κ2) is 13.5. The van der Waals surface area contributed by atoms with Gasteiger partial charge in [-0.05, 0) is 56.2 Å². The monoisotopic (exact) mass is 660 g/mol.